The van der Waals surface area contributed by atoms with Gasteiger partial charge < -0.3 is 10.6 Å². The number of benzene rings is 1. The number of nitrogens with one attached hydrogen (secondary N) is 2. The van der Waals surface area contributed by atoms with E-state index in [1.807, 2.05) is 38.2 Å². The molecule has 0 unspecified atom stereocenters. The van der Waals surface area contributed by atoms with Crippen LogP contribution in [-0.4, -0.2) is 24.5 Å². The Balaban J connectivity index is 2.11. The van der Waals surface area contributed by atoms with E-state index in [2.05, 4.69) is 21.7 Å². The van der Waals surface area contributed by atoms with Crippen LogP contribution in [0.5, 0.6) is 0 Å². The van der Waals surface area contributed by atoms with Gasteiger partial charge in [-0.3, -0.25) is 9.78 Å². The fourth-order valence-corrected chi connectivity index (χ4v) is 2.12. The van der Waals surface area contributed by atoms with Crippen molar-refractivity contribution in [1.82, 2.24) is 10.3 Å². The number of aryl methyl sites for hydroxylation is 1. The third-order valence-corrected chi connectivity index (χ3v) is 3.36. The molecule has 21 heavy (non-hydrogen) atoms. The van der Waals surface area contributed by atoms with Crippen LogP contribution in [0.3, 0.4) is 0 Å². The quantitative estimate of drug-likeness (QED) is 0.801. The Labute approximate surface area is 125 Å². The summed E-state index contributed by atoms with van der Waals surface area (Å²) >= 11 is 0. The number of aromatic nitrogens is 1. The van der Waals surface area contributed by atoms with Crippen molar-refractivity contribution in [2.24, 2.45) is 0 Å². The molecule has 0 saturated carbocycles. The number of hydrogen-bond acceptors (Lipinski definition) is 3. The van der Waals surface area contributed by atoms with Crippen molar-refractivity contribution in [3.05, 3.63) is 48.3 Å². The Kier molecular flexibility index (Phi) is 5.46. The molecule has 110 valence electrons. The minimum Gasteiger partial charge on any atom is -0.326 e. The molecule has 0 aliphatic rings. The lowest BCUT2D eigenvalue weighted by atomic mass is 10.0. The number of anilines is 1. The van der Waals surface area contributed by atoms with Crippen molar-refractivity contribution in [3.63, 3.8) is 0 Å². The van der Waals surface area contributed by atoms with Gasteiger partial charge in [0.15, 0.2) is 0 Å². The molecule has 2 aromatic rings. The molecule has 0 bridgehead atoms. The number of nitrogens with zero attached hydrogens (tertiary/aromatic N) is 1. The molecule has 0 aliphatic carbocycles. The van der Waals surface area contributed by atoms with Gasteiger partial charge in [-0.25, -0.2) is 0 Å². The summed E-state index contributed by atoms with van der Waals surface area (Å²) in [5, 5.41) is 6.04. The fraction of sp³-hybridized carbons (Fsp3) is 0.294. The molecular formula is C17H21N3O. The van der Waals surface area contributed by atoms with E-state index in [9.17, 15) is 4.79 Å². The molecule has 1 amide bonds. The van der Waals surface area contributed by atoms with E-state index in [0.29, 0.717) is 6.42 Å². The lowest BCUT2D eigenvalue weighted by Crippen LogP contribution is -2.15. The SMILES string of the molecule is CNCCCC(=O)Nc1cc(-c2ccncc2)ccc1C. The molecule has 2 rings (SSSR count). The van der Waals surface area contributed by atoms with Crippen LogP contribution in [0.1, 0.15) is 18.4 Å². The number of carbonyl (C=O) groups is 1. The topological polar surface area (TPSA) is 54.0 Å². The summed E-state index contributed by atoms with van der Waals surface area (Å²) < 4.78 is 0. The summed E-state index contributed by atoms with van der Waals surface area (Å²) in [4.78, 5) is 16.0. The van der Waals surface area contributed by atoms with Crippen LogP contribution in [-0.2, 0) is 4.79 Å². The highest BCUT2D eigenvalue weighted by molar-refractivity contribution is 5.92. The van der Waals surface area contributed by atoms with Crippen LogP contribution in [0, 0.1) is 6.92 Å². The average Bonchev–Trinajstić information content (AvgIpc) is 2.51. The van der Waals surface area contributed by atoms with E-state index in [0.717, 1.165) is 35.3 Å². The van der Waals surface area contributed by atoms with Crippen LogP contribution >= 0.6 is 0 Å². The van der Waals surface area contributed by atoms with E-state index in [-0.39, 0.29) is 5.91 Å². The van der Waals surface area contributed by atoms with Gasteiger partial charge in [0.2, 0.25) is 5.91 Å². The van der Waals surface area contributed by atoms with E-state index in [1.165, 1.54) is 0 Å². The summed E-state index contributed by atoms with van der Waals surface area (Å²) in [5.74, 6) is 0.0558. The summed E-state index contributed by atoms with van der Waals surface area (Å²) in [6, 6.07) is 10.0. The first-order valence-corrected chi connectivity index (χ1v) is 7.16. The molecular weight excluding hydrogens is 262 g/mol. The summed E-state index contributed by atoms with van der Waals surface area (Å²) in [7, 11) is 1.89. The van der Waals surface area contributed by atoms with Gasteiger partial charge in [-0.05, 0) is 61.8 Å². The molecule has 1 aromatic carbocycles. The first kappa shape index (κ1) is 15.2. The molecule has 0 aliphatic heterocycles. The van der Waals surface area contributed by atoms with E-state index in [1.54, 1.807) is 12.4 Å². The molecule has 0 radical (unpaired) electrons. The lowest BCUT2D eigenvalue weighted by molar-refractivity contribution is -0.116. The standard InChI is InChI=1S/C17H21N3O/c1-13-5-6-15(14-7-10-19-11-8-14)12-16(13)20-17(21)4-3-9-18-2/h5-8,10-12,18H,3-4,9H2,1-2H3,(H,20,21). The molecule has 0 spiro atoms. The van der Waals surface area contributed by atoms with Crippen molar-refractivity contribution in [2.45, 2.75) is 19.8 Å². The molecule has 1 aromatic heterocycles. The molecule has 0 saturated heterocycles. The van der Waals surface area contributed by atoms with Crippen molar-refractivity contribution in [1.29, 1.82) is 0 Å². The number of hydrogen-bond donors (Lipinski definition) is 2. The first-order valence-electron chi connectivity index (χ1n) is 7.16. The Morgan fingerprint density at radius 2 is 1.90 bits per heavy atom. The Morgan fingerprint density at radius 1 is 1.14 bits per heavy atom. The van der Waals surface area contributed by atoms with Gasteiger partial charge in [-0.2, -0.15) is 0 Å². The molecule has 4 heteroatoms. The third-order valence-electron chi connectivity index (χ3n) is 3.36. The van der Waals surface area contributed by atoms with Gasteiger partial charge in [-0.1, -0.05) is 12.1 Å². The van der Waals surface area contributed by atoms with Gasteiger partial charge >= 0.3 is 0 Å². The van der Waals surface area contributed by atoms with Crippen LogP contribution in [0.15, 0.2) is 42.7 Å². The number of carbonyl (C=O) groups excluding carboxylic acids is 1. The van der Waals surface area contributed by atoms with Gasteiger partial charge in [-0.15, -0.1) is 0 Å². The molecule has 1 heterocycles. The maximum Gasteiger partial charge on any atom is 0.224 e. The van der Waals surface area contributed by atoms with E-state index in [4.69, 9.17) is 0 Å². The number of amides is 1. The summed E-state index contributed by atoms with van der Waals surface area (Å²) in [6.07, 6.45) is 4.90. The van der Waals surface area contributed by atoms with Gasteiger partial charge in [0.1, 0.15) is 0 Å². The smallest absolute Gasteiger partial charge is 0.224 e. The number of rotatable bonds is 6. The molecule has 4 nitrogen and oxygen atoms in total. The van der Waals surface area contributed by atoms with E-state index < -0.39 is 0 Å². The van der Waals surface area contributed by atoms with Crippen LogP contribution < -0.4 is 10.6 Å². The van der Waals surface area contributed by atoms with Crippen LogP contribution in [0.25, 0.3) is 11.1 Å². The summed E-state index contributed by atoms with van der Waals surface area (Å²) in [5.41, 5.74) is 4.11. The van der Waals surface area contributed by atoms with Crippen molar-refractivity contribution in [3.8, 4) is 11.1 Å². The predicted octanol–water partition coefficient (Wildman–Crippen LogP) is 3.00. The monoisotopic (exact) mass is 283 g/mol. The molecule has 0 atom stereocenters. The minimum atomic E-state index is 0.0558. The maximum atomic E-state index is 11.9. The first-order chi connectivity index (χ1) is 10.2. The third kappa shape index (κ3) is 4.39. The highest BCUT2D eigenvalue weighted by Crippen LogP contribution is 2.25. The minimum absolute atomic E-state index is 0.0558. The maximum absolute atomic E-state index is 11.9. The molecule has 0 fully saturated rings. The Morgan fingerprint density at radius 3 is 2.62 bits per heavy atom. The number of pyridine rings is 1. The largest absolute Gasteiger partial charge is 0.326 e. The zero-order valence-electron chi connectivity index (χ0n) is 12.5. The second-order valence-corrected chi connectivity index (χ2v) is 5.02. The van der Waals surface area contributed by atoms with E-state index >= 15 is 0 Å². The Hall–Kier alpha value is -2.20. The summed E-state index contributed by atoms with van der Waals surface area (Å²) in [6.45, 7) is 2.85. The van der Waals surface area contributed by atoms with Crippen molar-refractivity contribution in [2.75, 3.05) is 18.9 Å². The highest BCUT2D eigenvalue weighted by atomic mass is 16.1. The second-order valence-electron chi connectivity index (χ2n) is 5.02. The van der Waals surface area contributed by atoms with Crippen molar-refractivity contribution >= 4 is 11.6 Å². The molecule has 2 N–H and O–H groups in total. The highest BCUT2D eigenvalue weighted by Gasteiger charge is 2.06. The lowest BCUT2D eigenvalue weighted by Gasteiger charge is -2.11. The zero-order chi connectivity index (χ0) is 15.1. The van der Waals surface area contributed by atoms with Crippen LogP contribution in [0.4, 0.5) is 5.69 Å². The second kappa shape index (κ2) is 7.55. The predicted molar refractivity (Wildman–Crippen MR) is 86.2 cm³/mol. The Bertz CT molecular complexity index is 596. The van der Waals surface area contributed by atoms with Gasteiger partial charge in [0.25, 0.3) is 0 Å². The van der Waals surface area contributed by atoms with Gasteiger partial charge in [0.05, 0.1) is 0 Å². The average molecular weight is 283 g/mol. The zero-order valence-corrected chi connectivity index (χ0v) is 12.5. The van der Waals surface area contributed by atoms with Crippen molar-refractivity contribution < 1.29 is 4.79 Å². The van der Waals surface area contributed by atoms with Crippen LogP contribution in [0.2, 0.25) is 0 Å². The fourth-order valence-electron chi connectivity index (χ4n) is 2.12. The van der Waals surface area contributed by atoms with Gasteiger partial charge in [0, 0.05) is 24.5 Å². The normalized spacial score (nSPS) is 10.4.